The van der Waals surface area contributed by atoms with E-state index in [0.29, 0.717) is 33.7 Å². The molecule has 0 atom stereocenters. The van der Waals surface area contributed by atoms with E-state index in [1.807, 2.05) is 0 Å². The molecule has 12 heteroatoms. The lowest BCUT2D eigenvalue weighted by molar-refractivity contribution is -0.113. The topological polar surface area (TPSA) is 133 Å². The molecular formula is C20H16N6O5S. The Morgan fingerprint density at radius 2 is 2.00 bits per heavy atom. The molecule has 0 saturated heterocycles. The summed E-state index contributed by atoms with van der Waals surface area (Å²) in [7, 11) is 1.56. The number of nitrogens with zero attached hydrogens (tertiary/aromatic N) is 4. The van der Waals surface area contributed by atoms with Crippen molar-refractivity contribution in [1.29, 1.82) is 0 Å². The van der Waals surface area contributed by atoms with Crippen molar-refractivity contribution in [2.24, 2.45) is 0 Å². The Balaban J connectivity index is 1.33. The molecule has 2 aromatic carbocycles. The highest BCUT2D eigenvalue weighted by atomic mass is 32.2. The number of thioether (sulfide) groups is 1. The summed E-state index contributed by atoms with van der Waals surface area (Å²) in [6.45, 7) is 0.163. The monoisotopic (exact) mass is 452 g/mol. The largest absolute Gasteiger partial charge is 0.497 e. The first kappa shape index (κ1) is 19.9. The Bertz CT molecular complexity index is 1370. The third-order valence-electron chi connectivity index (χ3n) is 4.60. The average Bonchev–Trinajstić information content (AvgIpc) is 3.43. The van der Waals surface area contributed by atoms with E-state index in [2.05, 4.69) is 25.6 Å². The van der Waals surface area contributed by atoms with Crippen molar-refractivity contribution in [2.45, 2.75) is 5.16 Å². The van der Waals surface area contributed by atoms with E-state index in [0.717, 1.165) is 11.8 Å². The second kappa shape index (κ2) is 8.23. The highest BCUT2D eigenvalue weighted by molar-refractivity contribution is 7.99. The zero-order valence-electron chi connectivity index (χ0n) is 16.7. The highest BCUT2D eigenvalue weighted by Gasteiger charge is 2.16. The minimum atomic E-state index is -0.396. The molecule has 11 nitrogen and oxygen atoms in total. The summed E-state index contributed by atoms with van der Waals surface area (Å²) in [5.41, 5.74) is 1.01. The second-order valence-electron chi connectivity index (χ2n) is 6.65. The highest BCUT2D eigenvalue weighted by Crippen LogP contribution is 2.34. The van der Waals surface area contributed by atoms with Crippen LogP contribution in [0.4, 0.5) is 5.69 Å². The van der Waals surface area contributed by atoms with Gasteiger partial charge in [-0.15, -0.1) is 10.2 Å². The van der Waals surface area contributed by atoms with Gasteiger partial charge >= 0.3 is 0 Å². The maximum Gasteiger partial charge on any atom is 0.279 e. The minimum Gasteiger partial charge on any atom is -0.497 e. The summed E-state index contributed by atoms with van der Waals surface area (Å²) < 4.78 is 17.1. The van der Waals surface area contributed by atoms with Crippen LogP contribution in [0.3, 0.4) is 0 Å². The van der Waals surface area contributed by atoms with E-state index < -0.39 is 5.56 Å². The van der Waals surface area contributed by atoms with E-state index in [4.69, 9.17) is 14.2 Å². The van der Waals surface area contributed by atoms with Gasteiger partial charge in [-0.1, -0.05) is 11.8 Å². The molecule has 0 unspecified atom stereocenters. The number of carbonyl (C=O) groups excluding carboxylic acids is 1. The first-order valence-electron chi connectivity index (χ1n) is 9.43. The molecule has 2 N–H and O–H groups in total. The number of hydrogen-bond acceptors (Lipinski definition) is 9. The van der Waals surface area contributed by atoms with Gasteiger partial charge in [-0.3, -0.25) is 14.6 Å². The number of nitrogens with one attached hydrogen (secondary N) is 2. The van der Waals surface area contributed by atoms with Gasteiger partial charge in [0.05, 0.1) is 12.9 Å². The zero-order chi connectivity index (χ0) is 22.1. The number of carbonyl (C=O) groups is 1. The molecule has 2 aromatic heterocycles. The van der Waals surface area contributed by atoms with Gasteiger partial charge in [0.1, 0.15) is 5.75 Å². The van der Waals surface area contributed by atoms with Gasteiger partial charge in [0.15, 0.2) is 17.2 Å². The van der Waals surface area contributed by atoms with Gasteiger partial charge in [0, 0.05) is 17.3 Å². The predicted molar refractivity (Wildman–Crippen MR) is 115 cm³/mol. The molecule has 4 aromatic rings. The van der Waals surface area contributed by atoms with Crippen molar-refractivity contribution >= 4 is 29.1 Å². The first-order valence-corrected chi connectivity index (χ1v) is 10.4. The maximum atomic E-state index is 12.4. The third-order valence-corrected chi connectivity index (χ3v) is 5.52. The summed E-state index contributed by atoms with van der Waals surface area (Å²) in [5.74, 6) is 1.89. The Morgan fingerprint density at radius 1 is 1.19 bits per heavy atom. The van der Waals surface area contributed by atoms with Gasteiger partial charge in [-0.25, -0.2) is 0 Å². The number of ether oxygens (including phenoxy) is 3. The van der Waals surface area contributed by atoms with Crippen molar-refractivity contribution in [3.05, 3.63) is 52.8 Å². The summed E-state index contributed by atoms with van der Waals surface area (Å²) in [6, 6.07) is 12.1. The summed E-state index contributed by atoms with van der Waals surface area (Å²) in [6.07, 6.45) is 0. The zero-order valence-corrected chi connectivity index (χ0v) is 17.5. The standard InChI is InChI=1S/C20H16N6O5S/c1-29-13-5-2-11(3-6-13)17-18(28)22-19-23-24-20(26(19)25-17)32-9-16(27)21-12-4-7-14-15(8-12)31-10-30-14/h2-8H,9-10H2,1H3,(H,21,27)(H,22,23,28). The van der Waals surface area contributed by atoms with Crippen LogP contribution in [0.5, 0.6) is 17.2 Å². The molecule has 0 aliphatic carbocycles. The Labute approximate surface area is 184 Å². The number of rotatable bonds is 6. The number of fused-ring (bicyclic) bond motifs is 2. The summed E-state index contributed by atoms with van der Waals surface area (Å²) >= 11 is 1.14. The molecule has 1 amide bonds. The molecule has 162 valence electrons. The normalized spacial score (nSPS) is 12.2. The predicted octanol–water partition coefficient (Wildman–Crippen LogP) is 1.95. The van der Waals surface area contributed by atoms with E-state index in [-0.39, 0.29) is 29.9 Å². The Morgan fingerprint density at radius 3 is 2.81 bits per heavy atom. The van der Waals surface area contributed by atoms with E-state index >= 15 is 0 Å². The Hall–Kier alpha value is -4.06. The smallest absolute Gasteiger partial charge is 0.279 e. The van der Waals surface area contributed by atoms with Crippen LogP contribution in [0.15, 0.2) is 52.4 Å². The SMILES string of the molecule is COc1ccc(-c2nn3c(SCC(=O)Nc4ccc5c(c4)OCO5)nnc3[nH]c2=O)cc1. The van der Waals surface area contributed by atoms with Crippen LogP contribution in [-0.4, -0.2) is 50.4 Å². The van der Waals surface area contributed by atoms with Gasteiger partial charge in [0.25, 0.3) is 11.3 Å². The van der Waals surface area contributed by atoms with Gasteiger partial charge in [-0.2, -0.15) is 9.61 Å². The second-order valence-corrected chi connectivity index (χ2v) is 7.60. The van der Waals surface area contributed by atoms with E-state index in [9.17, 15) is 9.59 Å². The van der Waals surface area contributed by atoms with Gasteiger partial charge in [-0.05, 0) is 36.4 Å². The van der Waals surface area contributed by atoms with Crippen LogP contribution < -0.4 is 25.1 Å². The molecule has 0 spiro atoms. The molecule has 0 saturated carbocycles. The Kier molecular flexibility index (Phi) is 5.11. The van der Waals surface area contributed by atoms with Crippen molar-refractivity contribution < 1.29 is 19.0 Å². The molecular weight excluding hydrogens is 436 g/mol. The van der Waals surface area contributed by atoms with Gasteiger partial charge in [0.2, 0.25) is 17.9 Å². The molecule has 0 fully saturated rings. The molecule has 0 radical (unpaired) electrons. The number of H-pyrrole nitrogens is 1. The van der Waals surface area contributed by atoms with E-state index in [1.165, 1.54) is 4.52 Å². The number of anilines is 1. The van der Waals surface area contributed by atoms with Crippen molar-refractivity contribution in [2.75, 3.05) is 25.0 Å². The van der Waals surface area contributed by atoms with Crippen molar-refractivity contribution in [3.8, 4) is 28.5 Å². The number of benzene rings is 2. The summed E-state index contributed by atoms with van der Waals surface area (Å²) in [5, 5.41) is 15.5. The van der Waals surface area contributed by atoms with Crippen LogP contribution >= 0.6 is 11.8 Å². The lowest BCUT2D eigenvalue weighted by Crippen LogP contribution is -2.16. The van der Waals surface area contributed by atoms with Crippen LogP contribution in [0.2, 0.25) is 0 Å². The lowest BCUT2D eigenvalue weighted by Gasteiger charge is -2.06. The minimum absolute atomic E-state index is 0.0634. The number of methoxy groups -OCH3 is 1. The lowest BCUT2D eigenvalue weighted by atomic mass is 10.1. The number of aromatic nitrogens is 5. The number of amides is 1. The number of hydrogen-bond donors (Lipinski definition) is 2. The fraction of sp³-hybridized carbons (Fsp3) is 0.150. The van der Waals surface area contributed by atoms with Crippen LogP contribution in [-0.2, 0) is 4.79 Å². The third kappa shape index (κ3) is 3.83. The van der Waals surface area contributed by atoms with Crippen LogP contribution in [0.1, 0.15) is 0 Å². The molecule has 3 heterocycles. The van der Waals surface area contributed by atoms with Crippen LogP contribution in [0.25, 0.3) is 17.0 Å². The molecule has 5 rings (SSSR count). The van der Waals surface area contributed by atoms with Gasteiger partial charge < -0.3 is 19.5 Å². The average molecular weight is 452 g/mol. The number of aromatic amines is 1. The van der Waals surface area contributed by atoms with Crippen LogP contribution in [0, 0.1) is 0 Å². The summed E-state index contributed by atoms with van der Waals surface area (Å²) in [4.78, 5) is 27.5. The van der Waals surface area contributed by atoms with Crippen molar-refractivity contribution in [3.63, 3.8) is 0 Å². The molecule has 32 heavy (non-hydrogen) atoms. The quantitative estimate of drug-likeness (QED) is 0.421. The fourth-order valence-electron chi connectivity index (χ4n) is 3.07. The first-order chi connectivity index (χ1) is 15.6. The molecule has 1 aliphatic heterocycles. The van der Waals surface area contributed by atoms with E-state index in [1.54, 1.807) is 49.6 Å². The molecule has 0 bridgehead atoms. The fourth-order valence-corrected chi connectivity index (χ4v) is 3.75. The van der Waals surface area contributed by atoms with Crippen molar-refractivity contribution in [1.82, 2.24) is 24.8 Å². The molecule has 1 aliphatic rings. The maximum absolute atomic E-state index is 12.4.